The van der Waals surface area contributed by atoms with Crippen LogP contribution in [-0.2, 0) is 11.3 Å². The lowest BCUT2D eigenvalue weighted by molar-refractivity contribution is 0.0468. The Labute approximate surface area is 175 Å². The second-order valence-electron chi connectivity index (χ2n) is 7.82. The zero-order valence-corrected chi connectivity index (χ0v) is 18.3. The average molecular weight is 403 g/mol. The standard InChI is InChI=1S/C23H38N4O2/c1-4-18(2)27-22(28)20-11-9-10-19(16-20)17-26-23(24-3)25-14-15-29-21-12-7-5-6-8-13-21/h9-11,16,18,21H,4-8,12-15,17H2,1-3H3,(H,27,28)(H2,24,25,26). The molecule has 0 saturated heterocycles. The van der Waals surface area contributed by atoms with Crippen LogP contribution in [0.2, 0.25) is 0 Å². The topological polar surface area (TPSA) is 74.8 Å². The molecule has 1 aliphatic rings. The molecule has 6 nitrogen and oxygen atoms in total. The van der Waals surface area contributed by atoms with E-state index in [1.807, 2.05) is 31.2 Å². The first-order valence-corrected chi connectivity index (χ1v) is 11.1. The fourth-order valence-corrected chi connectivity index (χ4v) is 3.44. The van der Waals surface area contributed by atoms with Crippen molar-refractivity contribution in [3.63, 3.8) is 0 Å². The highest BCUT2D eigenvalue weighted by atomic mass is 16.5. The van der Waals surface area contributed by atoms with Crippen molar-refractivity contribution in [2.75, 3.05) is 20.2 Å². The first kappa shape index (κ1) is 23.2. The van der Waals surface area contributed by atoms with E-state index in [4.69, 9.17) is 4.74 Å². The van der Waals surface area contributed by atoms with Crippen LogP contribution in [0, 0.1) is 0 Å². The minimum atomic E-state index is -0.0284. The first-order chi connectivity index (χ1) is 14.1. The van der Waals surface area contributed by atoms with E-state index in [-0.39, 0.29) is 11.9 Å². The number of aliphatic imine (C=N–C) groups is 1. The Bertz CT molecular complexity index is 640. The number of guanidine groups is 1. The maximum Gasteiger partial charge on any atom is 0.251 e. The molecular weight excluding hydrogens is 364 g/mol. The number of ether oxygens (including phenoxy) is 1. The van der Waals surface area contributed by atoms with Gasteiger partial charge in [-0.2, -0.15) is 0 Å². The third kappa shape index (κ3) is 8.86. The number of hydrogen-bond donors (Lipinski definition) is 3. The highest BCUT2D eigenvalue weighted by Gasteiger charge is 2.12. The van der Waals surface area contributed by atoms with Gasteiger partial charge in [0.05, 0.1) is 12.7 Å². The van der Waals surface area contributed by atoms with Crippen molar-refractivity contribution in [2.24, 2.45) is 4.99 Å². The van der Waals surface area contributed by atoms with Gasteiger partial charge < -0.3 is 20.7 Å². The molecule has 162 valence electrons. The van der Waals surface area contributed by atoms with E-state index in [0.29, 0.717) is 24.8 Å². The largest absolute Gasteiger partial charge is 0.376 e. The van der Waals surface area contributed by atoms with Gasteiger partial charge in [0.2, 0.25) is 0 Å². The van der Waals surface area contributed by atoms with Crippen LogP contribution < -0.4 is 16.0 Å². The van der Waals surface area contributed by atoms with E-state index < -0.39 is 0 Å². The molecular formula is C23H38N4O2. The number of nitrogens with zero attached hydrogens (tertiary/aromatic N) is 1. The SMILES string of the molecule is CCC(C)NC(=O)c1cccc(CNC(=NC)NCCOC2CCCCCC2)c1. The quantitative estimate of drug-likeness (QED) is 0.255. The van der Waals surface area contributed by atoms with E-state index in [1.165, 1.54) is 38.5 Å². The molecule has 0 heterocycles. The predicted octanol–water partition coefficient (Wildman–Crippen LogP) is 3.62. The summed E-state index contributed by atoms with van der Waals surface area (Å²) in [6, 6.07) is 7.87. The van der Waals surface area contributed by atoms with Crippen LogP contribution >= 0.6 is 0 Å². The lowest BCUT2D eigenvalue weighted by Gasteiger charge is -2.17. The molecule has 0 spiro atoms. The number of carbonyl (C=O) groups is 1. The Morgan fingerprint density at radius 3 is 2.66 bits per heavy atom. The summed E-state index contributed by atoms with van der Waals surface area (Å²) in [6.45, 7) is 6.10. The maximum atomic E-state index is 12.3. The molecule has 3 N–H and O–H groups in total. The van der Waals surface area contributed by atoms with Crippen molar-refractivity contribution in [3.8, 4) is 0 Å². The monoisotopic (exact) mass is 402 g/mol. The molecule has 1 fully saturated rings. The van der Waals surface area contributed by atoms with Crippen LogP contribution in [0.3, 0.4) is 0 Å². The smallest absolute Gasteiger partial charge is 0.251 e. The molecule has 6 heteroatoms. The summed E-state index contributed by atoms with van der Waals surface area (Å²) in [5.41, 5.74) is 1.73. The predicted molar refractivity (Wildman–Crippen MR) is 119 cm³/mol. The van der Waals surface area contributed by atoms with Crippen LogP contribution in [0.5, 0.6) is 0 Å². The zero-order valence-electron chi connectivity index (χ0n) is 18.3. The van der Waals surface area contributed by atoms with Gasteiger partial charge in [0.25, 0.3) is 5.91 Å². The fraction of sp³-hybridized carbons (Fsp3) is 0.652. The Morgan fingerprint density at radius 1 is 1.21 bits per heavy atom. The van der Waals surface area contributed by atoms with Crippen LogP contribution in [0.1, 0.15) is 74.7 Å². The summed E-state index contributed by atoms with van der Waals surface area (Å²) in [7, 11) is 1.76. The fourth-order valence-electron chi connectivity index (χ4n) is 3.44. The van der Waals surface area contributed by atoms with Crippen molar-refractivity contribution < 1.29 is 9.53 Å². The van der Waals surface area contributed by atoms with E-state index in [9.17, 15) is 4.79 Å². The van der Waals surface area contributed by atoms with Crippen molar-refractivity contribution in [1.29, 1.82) is 0 Å². The molecule has 0 aromatic heterocycles. The summed E-state index contributed by atoms with van der Waals surface area (Å²) in [5, 5.41) is 9.61. The first-order valence-electron chi connectivity index (χ1n) is 11.1. The van der Waals surface area contributed by atoms with Crippen molar-refractivity contribution in [1.82, 2.24) is 16.0 Å². The molecule has 0 radical (unpaired) electrons. The highest BCUT2D eigenvalue weighted by molar-refractivity contribution is 5.94. The molecule has 1 unspecified atom stereocenters. The summed E-state index contributed by atoms with van der Waals surface area (Å²) in [5.74, 6) is 0.711. The number of rotatable bonds is 9. The Hall–Kier alpha value is -2.08. The molecule has 0 bridgehead atoms. The molecule has 1 amide bonds. The van der Waals surface area contributed by atoms with Crippen molar-refractivity contribution >= 4 is 11.9 Å². The van der Waals surface area contributed by atoms with Crippen LogP contribution in [0.15, 0.2) is 29.3 Å². The molecule has 1 aromatic carbocycles. The van der Waals surface area contributed by atoms with Crippen LogP contribution in [0.25, 0.3) is 0 Å². The molecule has 1 saturated carbocycles. The second kappa shape index (κ2) is 13.2. The number of hydrogen-bond acceptors (Lipinski definition) is 3. The number of carbonyl (C=O) groups excluding carboxylic acids is 1. The average Bonchev–Trinajstić information content (AvgIpc) is 3.02. The number of benzene rings is 1. The molecule has 1 atom stereocenters. The van der Waals surface area contributed by atoms with Gasteiger partial charge in [-0.25, -0.2) is 0 Å². The molecule has 29 heavy (non-hydrogen) atoms. The molecule has 1 aromatic rings. The van der Waals surface area contributed by atoms with Gasteiger partial charge in [-0.3, -0.25) is 9.79 Å². The summed E-state index contributed by atoms with van der Waals surface area (Å²) in [6.07, 6.45) is 8.97. The Morgan fingerprint density at radius 2 is 1.97 bits per heavy atom. The maximum absolute atomic E-state index is 12.3. The van der Waals surface area contributed by atoms with Gasteiger partial charge in [-0.05, 0) is 43.9 Å². The Kier molecular flexibility index (Phi) is 10.6. The zero-order chi connectivity index (χ0) is 20.9. The van der Waals surface area contributed by atoms with Crippen LogP contribution in [-0.4, -0.2) is 44.2 Å². The van der Waals surface area contributed by atoms with Gasteiger partial charge >= 0.3 is 0 Å². The van der Waals surface area contributed by atoms with E-state index >= 15 is 0 Å². The van der Waals surface area contributed by atoms with Crippen molar-refractivity contribution in [2.45, 2.75) is 77.5 Å². The van der Waals surface area contributed by atoms with Crippen LogP contribution in [0.4, 0.5) is 0 Å². The minimum absolute atomic E-state index is 0.0284. The highest BCUT2D eigenvalue weighted by Crippen LogP contribution is 2.19. The van der Waals surface area contributed by atoms with Gasteiger partial charge in [0, 0.05) is 31.7 Å². The Balaban J connectivity index is 1.73. The minimum Gasteiger partial charge on any atom is -0.376 e. The van der Waals surface area contributed by atoms with E-state index in [1.54, 1.807) is 7.05 Å². The van der Waals surface area contributed by atoms with Gasteiger partial charge in [0.15, 0.2) is 5.96 Å². The lowest BCUT2D eigenvalue weighted by atomic mass is 10.1. The summed E-state index contributed by atoms with van der Waals surface area (Å²) < 4.78 is 6.01. The number of nitrogens with one attached hydrogen (secondary N) is 3. The van der Waals surface area contributed by atoms with Crippen molar-refractivity contribution in [3.05, 3.63) is 35.4 Å². The molecule has 2 rings (SSSR count). The van der Waals surface area contributed by atoms with E-state index in [2.05, 4.69) is 27.9 Å². The third-order valence-electron chi connectivity index (χ3n) is 5.41. The third-order valence-corrected chi connectivity index (χ3v) is 5.41. The molecule has 1 aliphatic carbocycles. The van der Waals surface area contributed by atoms with Gasteiger partial charge in [-0.1, -0.05) is 44.7 Å². The number of amides is 1. The second-order valence-corrected chi connectivity index (χ2v) is 7.82. The van der Waals surface area contributed by atoms with Gasteiger partial charge in [0.1, 0.15) is 0 Å². The summed E-state index contributed by atoms with van der Waals surface area (Å²) >= 11 is 0. The lowest BCUT2D eigenvalue weighted by Crippen LogP contribution is -2.39. The molecule has 0 aliphatic heterocycles. The van der Waals surface area contributed by atoms with Gasteiger partial charge in [-0.15, -0.1) is 0 Å². The van der Waals surface area contributed by atoms with E-state index in [0.717, 1.165) is 24.5 Å². The summed E-state index contributed by atoms with van der Waals surface area (Å²) in [4.78, 5) is 16.6. The normalized spacial score (nSPS) is 16.7.